The molecule has 0 aliphatic heterocycles. The minimum atomic E-state index is -1.34. The Morgan fingerprint density at radius 3 is 2.53 bits per heavy atom. The van der Waals surface area contributed by atoms with Crippen molar-refractivity contribution in [2.24, 2.45) is 0 Å². The predicted molar refractivity (Wildman–Crippen MR) is 69.6 cm³/mol. The Balaban J connectivity index is 3.27. The molecule has 2 N–H and O–H groups in total. The molecule has 0 fully saturated rings. The molecule has 1 aromatic carbocycles. The van der Waals surface area contributed by atoms with E-state index < -0.39 is 16.6 Å². The number of anilines is 1. The van der Waals surface area contributed by atoms with Gasteiger partial charge < -0.3 is 15.1 Å². The van der Waals surface area contributed by atoms with Crippen LogP contribution in [0.2, 0.25) is 0 Å². The van der Waals surface area contributed by atoms with Crippen molar-refractivity contribution in [3.8, 4) is 0 Å². The number of hydrogen-bond donors (Lipinski definition) is 2. The molecule has 0 saturated carbocycles. The molecule has 0 radical (unpaired) electrons. The zero-order valence-corrected chi connectivity index (χ0v) is 10.7. The highest BCUT2D eigenvalue weighted by atomic mass is 16.6. The van der Waals surface area contributed by atoms with E-state index >= 15 is 0 Å². The van der Waals surface area contributed by atoms with Gasteiger partial charge in [-0.3, -0.25) is 10.1 Å². The van der Waals surface area contributed by atoms with E-state index in [1.807, 2.05) is 13.8 Å². The van der Waals surface area contributed by atoms with Crippen LogP contribution in [0.25, 0.3) is 0 Å². The molecule has 0 amide bonds. The van der Waals surface area contributed by atoms with E-state index in [0.29, 0.717) is 12.2 Å². The summed E-state index contributed by atoms with van der Waals surface area (Å²) >= 11 is 0. The molecule has 1 rings (SSSR count). The summed E-state index contributed by atoms with van der Waals surface area (Å²) in [4.78, 5) is 22.9. The van der Waals surface area contributed by atoms with E-state index in [2.05, 4.69) is 0 Å². The first-order valence-corrected chi connectivity index (χ1v) is 5.77. The van der Waals surface area contributed by atoms with Crippen LogP contribution in [-0.2, 0) is 0 Å². The minimum Gasteiger partial charge on any atom is -0.477 e. The first-order chi connectivity index (χ1) is 8.88. The Morgan fingerprint density at radius 1 is 1.47 bits per heavy atom. The van der Waals surface area contributed by atoms with Gasteiger partial charge in [-0.05, 0) is 26.0 Å². The second-order valence-electron chi connectivity index (χ2n) is 4.27. The third kappa shape index (κ3) is 3.41. The first kappa shape index (κ1) is 14.9. The second-order valence-corrected chi connectivity index (χ2v) is 4.27. The van der Waals surface area contributed by atoms with Gasteiger partial charge in [0.2, 0.25) is 0 Å². The third-order valence-corrected chi connectivity index (χ3v) is 2.70. The Hall–Kier alpha value is -2.15. The Bertz CT molecular complexity index is 487. The number of benzene rings is 1. The zero-order chi connectivity index (χ0) is 14.6. The van der Waals surface area contributed by atoms with Gasteiger partial charge >= 0.3 is 5.97 Å². The zero-order valence-electron chi connectivity index (χ0n) is 10.7. The van der Waals surface area contributed by atoms with Gasteiger partial charge in [0.25, 0.3) is 5.69 Å². The highest BCUT2D eigenvalue weighted by Gasteiger charge is 2.22. The molecule has 0 atom stereocenters. The van der Waals surface area contributed by atoms with Crippen LogP contribution in [-0.4, -0.2) is 40.3 Å². The highest BCUT2D eigenvalue weighted by Crippen LogP contribution is 2.26. The Morgan fingerprint density at radius 2 is 2.11 bits per heavy atom. The fourth-order valence-electron chi connectivity index (χ4n) is 1.82. The van der Waals surface area contributed by atoms with Crippen LogP contribution < -0.4 is 4.90 Å². The van der Waals surface area contributed by atoms with Gasteiger partial charge in [-0.25, -0.2) is 4.79 Å². The summed E-state index contributed by atoms with van der Waals surface area (Å²) in [6, 6.07) is 3.97. The van der Waals surface area contributed by atoms with Crippen LogP contribution in [0, 0.1) is 10.1 Å². The van der Waals surface area contributed by atoms with Gasteiger partial charge in [0.1, 0.15) is 5.56 Å². The van der Waals surface area contributed by atoms with Crippen molar-refractivity contribution in [2.75, 3.05) is 18.1 Å². The molecule has 0 aliphatic carbocycles. The lowest BCUT2D eigenvalue weighted by Gasteiger charge is -2.28. The normalized spacial score (nSPS) is 10.5. The van der Waals surface area contributed by atoms with Crippen molar-refractivity contribution in [1.82, 2.24) is 0 Å². The number of hydrogen-bond acceptors (Lipinski definition) is 5. The topological polar surface area (TPSA) is 104 Å². The number of aromatic carboxylic acids is 1. The number of rotatable bonds is 6. The summed E-state index contributed by atoms with van der Waals surface area (Å²) in [5, 5.41) is 28.8. The van der Waals surface area contributed by atoms with Crippen LogP contribution in [0.1, 0.15) is 24.2 Å². The average molecular weight is 268 g/mol. The first-order valence-electron chi connectivity index (χ1n) is 5.77. The summed E-state index contributed by atoms with van der Waals surface area (Å²) in [6.07, 6.45) is 0. The summed E-state index contributed by atoms with van der Waals surface area (Å²) in [7, 11) is 0. The molecule has 0 spiro atoms. The standard InChI is InChI=1S/C12H16N2O5/c1-8(2)13(5-6-15)9-3-4-10(12(16)17)11(7-9)14(18)19/h3-4,7-8,15H,5-6H2,1-2H3,(H,16,17). The molecule has 0 bridgehead atoms. The summed E-state index contributed by atoms with van der Waals surface area (Å²) < 4.78 is 0. The van der Waals surface area contributed by atoms with Gasteiger partial charge in [-0.2, -0.15) is 0 Å². The monoisotopic (exact) mass is 268 g/mol. The molecule has 0 saturated heterocycles. The van der Waals surface area contributed by atoms with Crippen molar-refractivity contribution in [2.45, 2.75) is 19.9 Å². The summed E-state index contributed by atoms with van der Waals surface area (Å²) in [6.45, 7) is 3.99. The van der Waals surface area contributed by atoms with Crippen molar-refractivity contribution >= 4 is 17.3 Å². The molecule has 7 nitrogen and oxygen atoms in total. The Labute approximate surface area is 110 Å². The largest absolute Gasteiger partial charge is 0.477 e. The molecule has 19 heavy (non-hydrogen) atoms. The van der Waals surface area contributed by atoms with Crippen molar-refractivity contribution in [1.29, 1.82) is 0 Å². The van der Waals surface area contributed by atoms with Gasteiger partial charge in [-0.15, -0.1) is 0 Å². The van der Waals surface area contributed by atoms with E-state index in [-0.39, 0.29) is 18.2 Å². The Kier molecular flexibility index (Phi) is 4.82. The molecule has 0 aromatic heterocycles. The number of nitrogens with zero attached hydrogens (tertiary/aromatic N) is 2. The maximum atomic E-state index is 10.9. The average Bonchev–Trinajstić information content (AvgIpc) is 2.34. The molecule has 104 valence electrons. The van der Waals surface area contributed by atoms with Crippen LogP contribution in [0.5, 0.6) is 0 Å². The lowest BCUT2D eigenvalue weighted by atomic mass is 10.1. The fraction of sp³-hybridized carbons (Fsp3) is 0.417. The van der Waals surface area contributed by atoms with Crippen molar-refractivity contribution in [3.05, 3.63) is 33.9 Å². The fourth-order valence-corrected chi connectivity index (χ4v) is 1.82. The van der Waals surface area contributed by atoms with Gasteiger partial charge in [0.15, 0.2) is 0 Å². The number of carboxylic acids is 1. The third-order valence-electron chi connectivity index (χ3n) is 2.70. The number of aliphatic hydroxyl groups is 1. The van der Waals surface area contributed by atoms with Crippen molar-refractivity contribution < 1.29 is 19.9 Å². The molecule has 0 unspecified atom stereocenters. The smallest absolute Gasteiger partial charge is 0.342 e. The SMILES string of the molecule is CC(C)N(CCO)c1ccc(C(=O)O)c([N+](=O)[O-])c1. The molecule has 1 aromatic rings. The minimum absolute atomic E-state index is 0.0300. The maximum Gasteiger partial charge on any atom is 0.342 e. The predicted octanol–water partition coefficient (Wildman–Crippen LogP) is 1.50. The van der Waals surface area contributed by atoms with Gasteiger partial charge in [0, 0.05) is 24.3 Å². The molecule has 0 heterocycles. The number of carbonyl (C=O) groups is 1. The summed E-state index contributed by atoms with van der Waals surface area (Å²) in [5.74, 6) is -1.34. The van der Waals surface area contributed by atoms with Crippen LogP contribution in [0.4, 0.5) is 11.4 Å². The van der Waals surface area contributed by atoms with Crippen LogP contribution in [0.3, 0.4) is 0 Å². The van der Waals surface area contributed by atoms with E-state index in [1.165, 1.54) is 18.2 Å². The lowest BCUT2D eigenvalue weighted by Crippen LogP contribution is -2.33. The quantitative estimate of drug-likeness (QED) is 0.598. The maximum absolute atomic E-state index is 10.9. The van der Waals surface area contributed by atoms with Crippen molar-refractivity contribution in [3.63, 3.8) is 0 Å². The van der Waals surface area contributed by atoms with E-state index in [0.717, 1.165) is 0 Å². The molecule has 0 aliphatic rings. The number of aliphatic hydroxyl groups excluding tert-OH is 1. The van der Waals surface area contributed by atoms with Crippen LogP contribution >= 0.6 is 0 Å². The molecular formula is C12H16N2O5. The lowest BCUT2D eigenvalue weighted by molar-refractivity contribution is -0.385. The number of nitro benzene ring substituents is 1. The van der Waals surface area contributed by atoms with Crippen LogP contribution in [0.15, 0.2) is 18.2 Å². The van der Waals surface area contributed by atoms with E-state index in [4.69, 9.17) is 10.2 Å². The van der Waals surface area contributed by atoms with E-state index in [1.54, 1.807) is 4.90 Å². The van der Waals surface area contributed by atoms with E-state index in [9.17, 15) is 14.9 Å². The van der Waals surface area contributed by atoms with Gasteiger partial charge in [0.05, 0.1) is 11.5 Å². The van der Waals surface area contributed by atoms with Gasteiger partial charge in [-0.1, -0.05) is 0 Å². The highest BCUT2D eigenvalue weighted by molar-refractivity contribution is 5.93. The number of carboxylic acid groups (broad SMARTS) is 1. The number of nitro groups is 1. The molecular weight excluding hydrogens is 252 g/mol. The molecule has 7 heteroatoms. The summed E-state index contributed by atoms with van der Waals surface area (Å²) in [5.41, 5.74) is -0.282. The second kappa shape index (κ2) is 6.14.